The molecule has 32 heavy (non-hydrogen) atoms. The summed E-state index contributed by atoms with van der Waals surface area (Å²) in [6.45, 7) is 3.70. The van der Waals surface area contributed by atoms with Crippen LogP contribution in [0.15, 0.2) is 81.7 Å². The van der Waals surface area contributed by atoms with Gasteiger partial charge in [0.2, 0.25) is 0 Å². The number of nitrogens with zero attached hydrogens (tertiary/aromatic N) is 2. The lowest BCUT2D eigenvalue weighted by Crippen LogP contribution is -2.38. The first kappa shape index (κ1) is 21.6. The molecule has 0 bridgehead atoms. The van der Waals surface area contributed by atoms with E-state index in [1.807, 2.05) is 42.5 Å². The summed E-state index contributed by atoms with van der Waals surface area (Å²) in [6.07, 6.45) is 5.39. The van der Waals surface area contributed by atoms with Gasteiger partial charge in [0.25, 0.3) is 5.56 Å². The van der Waals surface area contributed by atoms with Crippen LogP contribution in [-0.2, 0) is 9.53 Å². The zero-order valence-electron chi connectivity index (χ0n) is 17.6. The molecule has 3 aromatic rings. The SMILES string of the molecule is CCOC(=O)C1=C(C)N=c2s/c(=C\c3ccc(F)cc3)c(=O)n2C1/C=C/c1ccccc1. The quantitative estimate of drug-likeness (QED) is 0.561. The molecule has 0 aliphatic carbocycles. The average Bonchev–Trinajstić information content (AvgIpc) is 3.09. The Bertz CT molecular complexity index is 1380. The van der Waals surface area contributed by atoms with Gasteiger partial charge in [-0.3, -0.25) is 9.36 Å². The van der Waals surface area contributed by atoms with Gasteiger partial charge in [-0.2, -0.15) is 0 Å². The van der Waals surface area contributed by atoms with Crippen LogP contribution in [0.25, 0.3) is 12.2 Å². The first-order valence-corrected chi connectivity index (χ1v) is 11.0. The summed E-state index contributed by atoms with van der Waals surface area (Å²) >= 11 is 1.23. The molecule has 0 amide bonds. The van der Waals surface area contributed by atoms with E-state index in [0.29, 0.717) is 26.2 Å². The van der Waals surface area contributed by atoms with Gasteiger partial charge in [-0.1, -0.05) is 66.0 Å². The van der Waals surface area contributed by atoms with Gasteiger partial charge in [-0.15, -0.1) is 0 Å². The summed E-state index contributed by atoms with van der Waals surface area (Å²) in [4.78, 5) is 31.1. The Kier molecular flexibility index (Phi) is 6.28. The fourth-order valence-corrected chi connectivity index (χ4v) is 4.55. The van der Waals surface area contributed by atoms with E-state index in [1.54, 1.807) is 32.1 Å². The Morgan fingerprint density at radius 3 is 2.56 bits per heavy atom. The topological polar surface area (TPSA) is 60.7 Å². The molecule has 0 spiro atoms. The number of benzene rings is 2. The lowest BCUT2D eigenvalue weighted by molar-refractivity contribution is -0.139. The Morgan fingerprint density at radius 2 is 1.88 bits per heavy atom. The third kappa shape index (κ3) is 4.38. The van der Waals surface area contributed by atoms with Gasteiger partial charge in [-0.25, -0.2) is 14.2 Å². The van der Waals surface area contributed by atoms with Gasteiger partial charge in [0.15, 0.2) is 4.80 Å². The number of allylic oxidation sites excluding steroid dienone is 2. The van der Waals surface area contributed by atoms with Crippen molar-refractivity contribution >= 4 is 29.5 Å². The van der Waals surface area contributed by atoms with E-state index >= 15 is 0 Å². The number of halogens is 1. The normalized spacial score (nSPS) is 16.2. The van der Waals surface area contributed by atoms with E-state index in [9.17, 15) is 14.0 Å². The van der Waals surface area contributed by atoms with Crippen LogP contribution in [0.3, 0.4) is 0 Å². The molecule has 162 valence electrons. The molecule has 2 heterocycles. The highest BCUT2D eigenvalue weighted by Gasteiger charge is 2.30. The summed E-state index contributed by atoms with van der Waals surface area (Å²) < 4.78 is 20.5. The highest BCUT2D eigenvalue weighted by molar-refractivity contribution is 7.07. The van der Waals surface area contributed by atoms with E-state index in [0.717, 1.165) is 5.56 Å². The number of carbonyl (C=O) groups is 1. The number of fused-ring (bicyclic) bond motifs is 1. The number of esters is 1. The number of thiazole rings is 1. The van der Waals surface area contributed by atoms with Crippen molar-refractivity contribution in [3.8, 4) is 0 Å². The van der Waals surface area contributed by atoms with Crippen LogP contribution in [0.5, 0.6) is 0 Å². The molecule has 1 aliphatic rings. The van der Waals surface area contributed by atoms with Crippen LogP contribution in [0.1, 0.15) is 31.0 Å². The minimum absolute atomic E-state index is 0.222. The van der Waals surface area contributed by atoms with Crippen molar-refractivity contribution in [2.75, 3.05) is 6.61 Å². The fourth-order valence-electron chi connectivity index (χ4n) is 3.49. The van der Waals surface area contributed by atoms with Gasteiger partial charge >= 0.3 is 5.97 Å². The highest BCUT2D eigenvalue weighted by Crippen LogP contribution is 2.26. The van der Waals surface area contributed by atoms with Crippen molar-refractivity contribution in [3.63, 3.8) is 0 Å². The summed E-state index contributed by atoms with van der Waals surface area (Å²) in [5.74, 6) is -0.839. The molecule has 5 nitrogen and oxygen atoms in total. The molecule has 1 atom stereocenters. The summed E-state index contributed by atoms with van der Waals surface area (Å²) in [7, 11) is 0. The predicted octanol–water partition coefficient (Wildman–Crippen LogP) is 3.60. The van der Waals surface area contributed by atoms with Gasteiger partial charge in [-0.05, 0) is 43.2 Å². The maximum atomic E-state index is 13.3. The van der Waals surface area contributed by atoms with E-state index in [1.165, 1.54) is 28.0 Å². The van der Waals surface area contributed by atoms with Crippen molar-refractivity contribution in [2.45, 2.75) is 19.9 Å². The lowest BCUT2D eigenvalue weighted by atomic mass is 10.0. The molecule has 0 saturated heterocycles. The third-order valence-electron chi connectivity index (χ3n) is 5.00. The number of aromatic nitrogens is 1. The molecular weight excluding hydrogens is 427 g/mol. The first-order valence-electron chi connectivity index (χ1n) is 10.2. The first-order chi connectivity index (χ1) is 15.5. The molecular formula is C25H21FN2O3S. The minimum atomic E-state index is -0.652. The lowest BCUT2D eigenvalue weighted by Gasteiger charge is -2.21. The van der Waals surface area contributed by atoms with Gasteiger partial charge in [0.1, 0.15) is 5.82 Å². The molecule has 0 radical (unpaired) electrons. The summed E-state index contributed by atoms with van der Waals surface area (Å²) in [5, 5.41) is 0. The molecule has 4 rings (SSSR count). The van der Waals surface area contributed by atoms with Crippen LogP contribution >= 0.6 is 11.3 Å². The molecule has 2 aromatic carbocycles. The zero-order valence-corrected chi connectivity index (χ0v) is 18.4. The van der Waals surface area contributed by atoms with Crippen LogP contribution in [0.4, 0.5) is 4.39 Å². The van der Waals surface area contributed by atoms with E-state index in [4.69, 9.17) is 4.74 Å². The van der Waals surface area contributed by atoms with Crippen LogP contribution in [0, 0.1) is 5.82 Å². The van der Waals surface area contributed by atoms with Crippen molar-refractivity contribution in [1.29, 1.82) is 0 Å². The second-order valence-corrected chi connectivity index (χ2v) is 8.18. The predicted molar refractivity (Wildman–Crippen MR) is 123 cm³/mol. The standard InChI is InChI=1S/C25H21FN2O3S/c1-3-31-24(30)22-16(2)27-25-28(20(22)14-11-17-7-5-4-6-8-17)23(29)21(32-25)15-18-9-12-19(26)13-10-18/h4-15,20H,3H2,1-2H3/b14-11+,21-15-. The van der Waals surface area contributed by atoms with Crippen LogP contribution < -0.4 is 14.9 Å². The van der Waals surface area contributed by atoms with Gasteiger partial charge in [0, 0.05) is 0 Å². The van der Waals surface area contributed by atoms with E-state index in [2.05, 4.69) is 4.99 Å². The number of rotatable bonds is 5. The number of hydrogen-bond donors (Lipinski definition) is 0. The minimum Gasteiger partial charge on any atom is -0.463 e. The molecule has 1 aromatic heterocycles. The molecule has 1 aliphatic heterocycles. The maximum Gasteiger partial charge on any atom is 0.338 e. The van der Waals surface area contributed by atoms with E-state index < -0.39 is 12.0 Å². The zero-order chi connectivity index (χ0) is 22.7. The smallest absolute Gasteiger partial charge is 0.338 e. The van der Waals surface area contributed by atoms with Gasteiger partial charge in [0.05, 0.1) is 28.5 Å². The largest absolute Gasteiger partial charge is 0.463 e. The second-order valence-electron chi connectivity index (χ2n) is 7.17. The Hall–Kier alpha value is -3.58. The van der Waals surface area contributed by atoms with Crippen molar-refractivity contribution in [2.24, 2.45) is 4.99 Å². The molecule has 7 heteroatoms. The highest BCUT2D eigenvalue weighted by atomic mass is 32.1. The Balaban J connectivity index is 1.87. The molecule has 0 N–H and O–H groups in total. The van der Waals surface area contributed by atoms with Crippen LogP contribution in [0.2, 0.25) is 0 Å². The fraction of sp³-hybridized carbons (Fsp3) is 0.160. The van der Waals surface area contributed by atoms with Crippen molar-refractivity contribution in [1.82, 2.24) is 4.57 Å². The van der Waals surface area contributed by atoms with Crippen LogP contribution in [-0.4, -0.2) is 17.1 Å². The number of carbonyl (C=O) groups excluding carboxylic acids is 1. The van der Waals surface area contributed by atoms with Gasteiger partial charge < -0.3 is 4.74 Å². The molecule has 1 unspecified atom stereocenters. The van der Waals surface area contributed by atoms with E-state index in [-0.39, 0.29) is 18.0 Å². The number of ether oxygens (including phenoxy) is 1. The molecule has 0 fully saturated rings. The molecule has 0 saturated carbocycles. The van der Waals surface area contributed by atoms with Crippen molar-refractivity contribution < 1.29 is 13.9 Å². The summed E-state index contributed by atoms with van der Waals surface area (Å²) in [5.41, 5.74) is 2.23. The Labute approximate surface area is 188 Å². The monoisotopic (exact) mass is 448 g/mol. The maximum absolute atomic E-state index is 13.3. The third-order valence-corrected chi connectivity index (χ3v) is 5.98. The number of hydrogen-bond acceptors (Lipinski definition) is 5. The average molecular weight is 449 g/mol. The van der Waals surface area contributed by atoms with Crippen molar-refractivity contribution in [3.05, 3.63) is 109 Å². The Morgan fingerprint density at radius 1 is 1.16 bits per heavy atom. The second kappa shape index (κ2) is 9.28. The summed E-state index contributed by atoms with van der Waals surface area (Å²) in [6, 6.07) is 14.9.